The molecule has 130 valence electrons. The predicted molar refractivity (Wildman–Crippen MR) is 105 cm³/mol. The Kier molecular flexibility index (Phi) is 4.50. The summed E-state index contributed by atoms with van der Waals surface area (Å²) in [6, 6.07) is 21.5. The fraction of sp³-hybridized carbons (Fsp3) is 0.0952. The predicted octanol–water partition coefficient (Wildman–Crippen LogP) is 4.78. The Bertz CT molecular complexity index is 1080. The summed E-state index contributed by atoms with van der Waals surface area (Å²) in [6.07, 6.45) is 0. The molecule has 0 bridgehead atoms. The lowest BCUT2D eigenvalue weighted by Gasteiger charge is -2.10. The number of hydrogen-bond acceptors (Lipinski definition) is 2. The van der Waals surface area contributed by atoms with Crippen LogP contribution >= 0.6 is 11.6 Å². The lowest BCUT2D eigenvalue weighted by molar-refractivity contribution is 0.0943. The summed E-state index contributed by atoms with van der Waals surface area (Å²) in [6.45, 7) is 0.755. The van der Waals surface area contributed by atoms with Crippen molar-refractivity contribution in [2.24, 2.45) is 0 Å². The maximum atomic E-state index is 12.4. The topological polar surface area (TPSA) is 54.1 Å². The van der Waals surface area contributed by atoms with Crippen molar-refractivity contribution < 1.29 is 9.53 Å². The van der Waals surface area contributed by atoms with Crippen LogP contribution in [-0.2, 0) is 0 Å². The van der Waals surface area contributed by atoms with Crippen LogP contribution in [0.25, 0.3) is 21.7 Å². The van der Waals surface area contributed by atoms with Crippen molar-refractivity contribution in [1.82, 2.24) is 10.3 Å². The van der Waals surface area contributed by atoms with Crippen LogP contribution in [0.5, 0.6) is 5.75 Å². The van der Waals surface area contributed by atoms with Gasteiger partial charge in [0, 0.05) is 16.3 Å². The first-order valence-corrected chi connectivity index (χ1v) is 8.77. The zero-order valence-electron chi connectivity index (χ0n) is 14.0. The van der Waals surface area contributed by atoms with Gasteiger partial charge in [-0.25, -0.2) is 0 Å². The van der Waals surface area contributed by atoms with E-state index in [0.717, 1.165) is 27.4 Å². The molecule has 4 nitrogen and oxygen atoms in total. The van der Waals surface area contributed by atoms with E-state index in [1.165, 1.54) is 0 Å². The van der Waals surface area contributed by atoms with Gasteiger partial charge in [0.2, 0.25) is 0 Å². The van der Waals surface area contributed by atoms with E-state index >= 15 is 0 Å². The molecule has 5 heteroatoms. The van der Waals surface area contributed by atoms with E-state index < -0.39 is 0 Å². The number of amides is 1. The third kappa shape index (κ3) is 3.11. The number of H-pyrrole nitrogens is 1. The van der Waals surface area contributed by atoms with Crippen molar-refractivity contribution >= 4 is 39.2 Å². The first kappa shape index (κ1) is 16.5. The van der Waals surface area contributed by atoms with Crippen LogP contribution in [0, 0.1) is 0 Å². The number of nitrogens with one attached hydrogen (secondary N) is 2. The van der Waals surface area contributed by atoms with E-state index in [4.69, 9.17) is 16.3 Å². The lowest BCUT2D eigenvalue weighted by Crippen LogP contribution is -2.28. The Morgan fingerprint density at radius 1 is 0.962 bits per heavy atom. The maximum Gasteiger partial charge on any atom is 0.269 e. The Balaban J connectivity index is 1.40. The number of carbonyl (C=O) groups is 1. The fourth-order valence-electron chi connectivity index (χ4n) is 3.00. The van der Waals surface area contributed by atoms with Crippen molar-refractivity contribution in [1.29, 1.82) is 0 Å². The first-order valence-electron chi connectivity index (χ1n) is 8.39. The van der Waals surface area contributed by atoms with Gasteiger partial charge in [0.05, 0.1) is 11.6 Å². The highest BCUT2D eigenvalue weighted by atomic mass is 35.5. The molecular formula is C21H17ClN2O2. The first-order chi connectivity index (χ1) is 12.7. The summed E-state index contributed by atoms with van der Waals surface area (Å²) in [7, 11) is 0. The molecule has 2 N–H and O–H groups in total. The van der Waals surface area contributed by atoms with Crippen LogP contribution in [-0.4, -0.2) is 24.0 Å². The van der Waals surface area contributed by atoms with Crippen LogP contribution in [0.4, 0.5) is 0 Å². The fourth-order valence-corrected chi connectivity index (χ4v) is 3.30. The summed E-state index contributed by atoms with van der Waals surface area (Å²) < 4.78 is 5.84. The molecule has 0 aliphatic carbocycles. The lowest BCUT2D eigenvalue weighted by atomic mass is 10.1. The minimum Gasteiger partial charge on any atom is -0.491 e. The van der Waals surface area contributed by atoms with Gasteiger partial charge >= 0.3 is 0 Å². The normalized spacial score (nSPS) is 11.0. The molecular weight excluding hydrogens is 348 g/mol. The zero-order valence-corrected chi connectivity index (χ0v) is 14.7. The SMILES string of the molecule is O=C(NCCOc1cccc2ccccc12)c1[nH]c2ccccc2c1Cl. The third-order valence-electron chi connectivity index (χ3n) is 4.26. The van der Waals surface area contributed by atoms with Crippen LogP contribution < -0.4 is 10.1 Å². The Morgan fingerprint density at radius 3 is 2.54 bits per heavy atom. The van der Waals surface area contributed by atoms with Gasteiger partial charge in [0.25, 0.3) is 5.91 Å². The van der Waals surface area contributed by atoms with Crippen LogP contribution in [0.3, 0.4) is 0 Å². The maximum absolute atomic E-state index is 12.4. The van der Waals surface area contributed by atoms with Crippen molar-refractivity contribution in [3.05, 3.63) is 77.4 Å². The summed E-state index contributed by atoms with van der Waals surface area (Å²) in [4.78, 5) is 15.4. The molecule has 0 radical (unpaired) electrons. The van der Waals surface area contributed by atoms with E-state index in [2.05, 4.69) is 10.3 Å². The number of fused-ring (bicyclic) bond motifs is 2. The average molecular weight is 365 g/mol. The Morgan fingerprint density at radius 2 is 1.69 bits per heavy atom. The van der Waals surface area contributed by atoms with Gasteiger partial charge in [-0.3, -0.25) is 4.79 Å². The molecule has 0 spiro atoms. The number of aromatic nitrogens is 1. The molecule has 4 aromatic rings. The number of rotatable bonds is 5. The highest BCUT2D eigenvalue weighted by Gasteiger charge is 2.15. The minimum atomic E-state index is -0.243. The molecule has 0 unspecified atom stereocenters. The number of benzene rings is 3. The molecule has 0 saturated heterocycles. The minimum absolute atomic E-state index is 0.243. The molecule has 0 saturated carbocycles. The Hall–Kier alpha value is -2.98. The van der Waals surface area contributed by atoms with Crippen molar-refractivity contribution in [2.45, 2.75) is 0 Å². The van der Waals surface area contributed by atoms with E-state index in [1.807, 2.05) is 66.7 Å². The highest BCUT2D eigenvalue weighted by Crippen LogP contribution is 2.27. The number of aromatic amines is 1. The summed E-state index contributed by atoms with van der Waals surface area (Å²) in [5.41, 5.74) is 1.22. The molecule has 4 rings (SSSR count). The number of halogens is 1. The van der Waals surface area contributed by atoms with Gasteiger partial charge in [-0.2, -0.15) is 0 Å². The highest BCUT2D eigenvalue weighted by molar-refractivity contribution is 6.38. The molecule has 1 aromatic heterocycles. The molecule has 26 heavy (non-hydrogen) atoms. The van der Waals surface area contributed by atoms with E-state index in [-0.39, 0.29) is 5.91 Å². The second kappa shape index (κ2) is 7.10. The summed E-state index contributed by atoms with van der Waals surface area (Å²) >= 11 is 6.30. The average Bonchev–Trinajstić information content (AvgIpc) is 3.02. The number of ether oxygens (including phenoxy) is 1. The van der Waals surface area contributed by atoms with E-state index in [9.17, 15) is 4.79 Å². The van der Waals surface area contributed by atoms with Crippen molar-refractivity contribution in [3.63, 3.8) is 0 Å². The van der Waals surface area contributed by atoms with Crippen LogP contribution in [0.1, 0.15) is 10.5 Å². The second-order valence-electron chi connectivity index (χ2n) is 5.94. The van der Waals surface area contributed by atoms with E-state index in [0.29, 0.717) is 23.9 Å². The second-order valence-corrected chi connectivity index (χ2v) is 6.32. The third-order valence-corrected chi connectivity index (χ3v) is 4.66. The molecule has 0 aliphatic heterocycles. The van der Waals surface area contributed by atoms with Gasteiger partial charge in [0.1, 0.15) is 18.1 Å². The van der Waals surface area contributed by atoms with Crippen molar-refractivity contribution in [2.75, 3.05) is 13.2 Å². The monoisotopic (exact) mass is 364 g/mol. The Labute approximate surface area is 155 Å². The van der Waals surface area contributed by atoms with Gasteiger partial charge < -0.3 is 15.0 Å². The standard InChI is InChI=1S/C21H17ClN2O2/c22-19-16-9-3-4-10-17(16)24-20(19)21(25)23-12-13-26-18-11-5-7-14-6-1-2-8-15(14)18/h1-11,24H,12-13H2,(H,23,25). The number of hydrogen-bond donors (Lipinski definition) is 2. The summed E-state index contributed by atoms with van der Waals surface area (Å²) in [5.74, 6) is 0.564. The summed E-state index contributed by atoms with van der Waals surface area (Å²) in [5, 5.41) is 6.30. The molecule has 0 aliphatic rings. The van der Waals surface area contributed by atoms with Gasteiger partial charge in [-0.05, 0) is 17.5 Å². The quantitative estimate of drug-likeness (QED) is 0.500. The molecule has 0 atom stereocenters. The smallest absolute Gasteiger partial charge is 0.269 e. The molecule has 1 heterocycles. The molecule has 0 fully saturated rings. The van der Waals surface area contributed by atoms with Crippen molar-refractivity contribution in [3.8, 4) is 5.75 Å². The van der Waals surface area contributed by atoms with Crippen LogP contribution in [0.2, 0.25) is 5.02 Å². The van der Waals surface area contributed by atoms with Gasteiger partial charge in [0.15, 0.2) is 0 Å². The van der Waals surface area contributed by atoms with Crippen LogP contribution in [0.15, 0.2) is 66.7 Å². The molecule has 3 aromatic carbocycles. The largest absolute Gasteiger partial charge is 0.491 e. The number of carbonyl (C=O) groups excluding carboxylic acids is 1. The molecule has 1 amide bonds. The van der Waals surface area contributed by atoms with Gasteiger partial charge in [-0.15, -0.1) is 0 Å². The zero-order chi connectivity index (χ0) is 17.9. The van der Waals surface area contributed by atoms with E-state index in [1.54, 1.807) is 0 Å². The number of para-hydroxylation sites is 1. The van der Waals surface area contributed by atoms with Gasteiger partial charge in [-0.1, -0.05) is 66.2 Å².